The molecule has 0 aliphatic heterocycles. The second-order valence-electron chi connectivity index (χ2n) is 4.10. The van der Waals surface area contributed by atoms with E-state index in [-0.39, 0.29) is 21.3 Å². The third kappa shape index (κ3) is 3.80. The zero-order chi connectivity index (χ0) is 15.7. The fraction of sp³-hybridized carbons (Fsp3) is 0.0909. The molecule has 7 nitrogen and oxygen atoms in total. The summed E-state index contributed by atoms with van der Waals surface area (Å²) in [6.45, 7) is 0.251. The van der Waals surface area contributed by atoms with Crippen molar-refractivity contribution >= 4 is 37.1 Å². The number of primary sulfonamides is 1. The summed E-state index contributed by atoms with van der Waals surface area (Å²) >= 11 is 1.05. The predicted molar refractivity (Wildman–Crippen MR) is 80.8 cm³/mol. The predicted octanol–water partition coefficient (Wildman–Crippen LogP) is 0.655. The van der Waals surface area contributed by atoms with Gasteiger partial charge in [0.05, 0.1) is 10.6 Å². The Kier molecular flexibility index (Phi) is 4.35. The lowest BCUT2D eigenvalue weighted by Crippen LogP contribution is -2.14. The Balaban J connectivity index is 2.33. The highest BCUT2D eigenvalue weighted by atomic mass is 32.2. The number of nitrogens with two attached hydrogens (primary N) is 2. The highest BCUT2D eigenvalue weighted by Gasteiger charge is 2.17. The van der Waals surface area contributed by atoms with Crippen LogP contribution in [-0.4, -0.2) is 16.8 Å². The van der Waals surface area contributed by atoms with Crippen LogP contribution in [0.25, 0.3) is 0 Å². The number of benzene rings is 1. The molecule has 0 saturated heterocycles. The van der Waals surface area contributed by atoms with Crippen LogP contribution in [0.15, 0.2) is 45.5 Å². The molecule has 1 aromatic heterocycles. The third-order valence-corrected chi connectivity index (χ3v) is 6.41. The van der Waals surface area contributed by atoms with Crippen LogP contribution < -0.4 is 15.6 Å². The van der Waals surface area contributed by atoms with Gasteiger partial charge in [-0.1, -0.05) is 6.07 Å². The maximum absolute atomic E-state index is 12.2. The van der Waals surface area contributed by atoms with E-state index >= 15 is 0 Å². The van der Waals surface area contributed by atoms with E-state index in [1.165, 1.54) is 24.3 Å². The van der Waals surface area contributed by atoms with Crippen molar-refractivity contribution in [3.63, 3.8) is 0 Å². The molecule has 0 atom stereocenters. The summed E-state index contributed by atoms with van der Waals surface area (Å²) in [6, 6.07) is 8.34. The molecule has 0 unspecified atom stereocenters. The van der Waals surface area contributed by atoms with Crippen molar-refractivity contribution in [1.29, 1.82) is 0 Å². The molecule has 0 radical (unpaired) electrons. The SMILES string of the molecule is NCc1ccc(S(=O)(=O)Nc2cccc(S(N)(=O)=O)c2)s1. The number of rotatable bonds is 5. The van der Waals surface area contributed by atoms with Gasteiger partial charge in [0.25, 0.3) is 10.0 Å². The summed E-state index contributed by atoms with van der Waals surface area (Å²) in [4.78, 5) is 0.560. The Labute approximate surface area is 126 Å². The first-order valence-electron chi connectivity index (χ1n) is 5.67. The van der Waals surface area contributed by atoms with Crippen LogP contribution in [0.2, 0.25) is 0 Å². The van der Waals surface area contributed by atoms with E-state index in [0.29, 0.717) is 0 Å². The van der Waals surface area contributed by atoms with Gasteiger partial charge >= 0.3 is 0 Å². The van der Waals surface area contributed by atoms with Gasteiger partial charge in [0.15, 0.2) is 0 Å². The first-order valence-corrected chi connectivity index (χ1v) is 9.51. The van der Waals surface area contributed by atoms with Crippen molar-refractivity contribution < 1.29 is 16.8 Å². The zero-order valence-electron chi connectivity index (χ0n) is 10.7. The van der Waals surface area contributed by atoms with Gasteiger partial charge in [-0.15, -0.1) is 11.3 Å². The number of nitrogens with one attached hydrogen (secondary N) is 1. The normalized spacial score (nSPS) is 12.3. The molecule has 1 heterocycles. The summed E-state index contributed by atoms with van der Waals surface area (Å²) in [6.07, 6.45) is 0. The fourth-order valence-electron chi connectivity index (χ4n) is 1.55. The van der Waals surface area contributed by atoms with Gasteiger partial charge in [-0.3, -0.25) is 4.72 Å². The average Bonchev–Trinajstić information content (AvgIpc) is 2.87. The van der Waals surface area contributed by atoms with Crippen molar-refractivity contribution in [3.05, 3.63) is 41.3 Å². The molecule has 0 aliphatic rings. The minimum Gasteiger partial charge on any atom is -0.326 e. The average molecular weight is 347 g/mol. The lowest BCUT2D eigenvalue weighted by Gasteiger charge is -2.07. The lowest BCUT2D eigenvalue weighted by molar-refractivity contribution is 0.596. The van der Waals surface area contributed by atoms with E-state index in [1.54, 1.807) is 6.07 Å². The van der Waals surface area contributed by atoms with E-state index in [1.807, 2.05) is 0 Å². The first-order chi connectivity index (χ1) is 9.72. The number of thiophene rings is 1. The van der Waals surface area contributed by atoms with Crippen molar-refractivity contribution in [2.45, 2.75) is 15.6 Å². The van der Waals surface area contributed by atoms with E-state index < -0.39 is 20.0 Å². The van der Waals surface area contributed by atoms with Crippen LogP contribution in [-0.2, 0) is 26.6 Å². The van der Waals surface area contributed by atoms with Gasteiger partial charge in [-0.2, -0.15) is 0 Å². The Morgan fingerprint density at radius 1 is 1.10 bits per heavy atom. The van der Waals surface area contributed by atoms with E-state index in [9.17, 15) is 16.8 Å². The minimum atomic E-state index is -3.89. The number of hydrogen-bond acceptors (Lipinski definition) is 6. The van der Waals surface area contributed by atoms with Crippen LogP contribution in [0.3, 0.4) is 0 Å². The molecule has 0 fully saturated rings. The fourth-order valence-corrected chi connectivity index (χ4v) is 4.40. The molecule has 5 N–H and O–H groups in total. The largest absolute Gasteiger partial charge is 0.326 e. The maximum atomic E-state index is 12.2. The Bertz CT molecular complexity index is 856. The molecule has 2 aromatic rings. The van der Waals surface area contributed by atoms with Gasteiger partial charge in [-0.05, 0) is 30.3 Å². The molecule has 21 heavy (non-hydrogen) atoms. The molecule has 0 aliphatic carbocycles. The minimum absolute atomic E-state index is 0.101. The van der Waals surface area contributed by atoms with Gasteiger partial charge in [0, 0.05) is 11.4 Å². The molecule has 0 saturated carbocycles. The monoisotopic (exact) mass is 347 g/mol. The second kappa shape index (κ2) is 5.73. The van der Waals surface area contributed by atoms with Gasteiger partial charge in [-0.25, -0.2) is 22.0 Å². The van der Waals surface area contributed by atoms with Crippen LogP contribution >= 0.6 is 11.3 Å². The zero-order valence-corrected chi connectivity index (χ0v) is 13.1. The van der Waals surface area contributed by atoms with Crippen molar-refractivity contribution in [2.24, 2.45) is 10.9 Å². The summed E-state index contributed by atoms with van der Waals surface area (Å²) < 4.78 is 49.2. The topological polar surface area (TPSA) is 132 Å². The number of anilines is 1. The molecule has 10 heteroatoms. The quantitative estimate of drug-likeness (QED) is 0.730. The van der Waals surface area contributed by atoms with Crippen LogP contribution in [0.5, 0.6) is 0 Å². The number of hydrogen-bond donors (Lipinski definition) is 3. The molecule has 0 amide bonds. The Morgan fingerprint density at radius 2 is 1.81 bits per heavy atom. The summed E-state index contributed by atoms with van der Waals surface area (Å²) in [5.41, 5.74) is 5.56. The molecular weight excluding hydrogens is 334 g/mol. The smallest absolute Gasteiger partial charge is 0.271 e. The lowest BCUT2D eigenvalue weighted by atomic mass is 10.3. The van der Waals surface area contributed by atoms with Gasteiger partial charge in [0.1, 0.15) is 4.21 Å². The van der Waals surface area contributed by atoms with Crippen molar-refractivity contribution in [3.8, 4) is 0 Å². The van der Waals surface area contributed by atoms with Crippen LogP contribution in [0.4, 0.5) is 5.69 Å². The Hall–Kier alpha value is -1.46. The van der Waals surface area contributed by atoms with Gasteiger partial charge < -0.3 is 5.73 Å². The molecule has 0 bridgehead atoms. The highest BCUT2D eigenvalue weighted by Crippen LogP contribution is 2.24. The summed E-state index contributed by atoms with van der Waals surface area (Å²) in [5.74, 6) is 0. The van der Waals surface area contributed by atoms with E-state index in [4.69, 9.17) is 10.9 Å². The van der Waals surface area contributed by atoms with Gasteiger partial charge in [0.2, 0.25) is 10.0 Å². The van der Waals surface area contributed by atoms with E-state index in [0.717, 1.165) is 22.3 Å². The third-order valence-electron chi connectivity index (χ3n) is 2.52. The van der Waals surface area contributed by atoms with Crippen LogP contribution in [0, 0.1) is 0 Å². The molecule has 2 rings (SSSR count). The maximum Gasteiger partial charge on any atom is 0.271 e. The first kappa shape index (κ1) is 15.9. The second-order valence-corrected chi connectivity index (χ2v) is 8.74. The molecule has 0 spiro atoms. The number of sulfonamides is 2. The molecule has 1 aromatic carbocycles. The summed E-state index contributed by atoms with van der Waals surface area (Å²) in [7, 11) is -7.68. The van der Waals surface area contributed by atoms with Crippen molar-refractivity contribution in [2.75, 3.05) is 4.72 Å². The highest BCUT2D eigenvalue weighted by molar-refractivity contribution is 7.94. The Morgan fingerprint density at radius 3 is 2.38 bits per heavy atom. The van der Waals surface area contributed by atoms with Crippen LogP contribution in [0.1, 0.15) is 4.88 Å². The molecule has 114 valence electrons. The van der Waals surface area contributed by atoms with E-state index in [2.05, 4.69) is 4.72 Å². The summed E-state index contributed by atoms with van der Waals surface area (Å²) in [5, 5.41) is 5.01. The molecular formula is C11H13N3O4S3. The van der Waals surface area contributed by atoms with Crippen molar-refractivity contribution in [1.82, 2.24) is 0 Å². The standard InChI is InChI=1S/C11H13N3O4S3/c12-7-9-4-5-11(19-9)21(17,18)14-8-2-1-3-10(6-8)20(13,15)16/h1-6,14H,7,12H2,(H2,13,15,16).